The van der Waals surface area contributed by atoms with Crippen molar-refractivity contribution >= 4 is 23.6 Å². The predicted octanol–water partition coefficient (Wildman–Crippen LogP) is 6.55. The molecule has 1 aliphatic rings. The van der Waals surface area contributed by atoms with E-state index in [9.17, 15) is 13.6 Å². The number of allylic oxidation sites excluding steroid dienone is 4. The van der Waals surface area contributed by atoms with Crippen molar-refractivity contribution in [2.75, 3.05) is 11.4 Å². The first-order valence-corrected chi connectivity index (χ1v) is 10.8. The van der Waals surface area contributed by atoms with Crippen LogP contribution in [-0.2, 0) is 10.2 Å². The Morgan fingerprint density at radius 2 is 1.84 bits per heavy atom. The number of rotatable bonds is 9. The first-order valence-electron chi connectivity index (χ1n) is 10.8. The number of para-hydroxylation sites is 1. The lowest BCUT2D eigenvalue weighted by atomic mass is 9.83. The van der Waals surface area contributed by atoms with Crippen molar-refractivity contribution in [2.45, 2.75) is 44.9 Å². The molecule has 0 saturated heterocycles. The van der Waals surface area contributed by atoms with E-state index in [1.165, 1.54) is 6.07 Å². The molecule has 6 heteroatoms. The highest BCUT2D eigenvalue weighted by Crippen LogP contribution is 2.49. The second kappa shape index (κ2) is 10.4. The van der Waals surface area contributed by atoms with E-state index in [0.29, 0.717) is 24.2 Å². The van der Waals surface area contributed by atoms with E-state index in [0.717, 1.165) is 30.3 Å². The van der Waals surface area contributed by atoms with E-state index >= 15 is 0 Å². The number of carboxylic acids is 1. The van der Waals surface area contributed by atoms with Crippen molar-refractivity contribution in [1.29, 1.82) is 0 Å². The number of unbranched alkanes of at least 4 members (excludes halogenated alkanes) is 2. The lowest BCUT2D eigenvalue weighted by Gasteiger charge is -2.27. The number of hydrogen-bond donors (Lipinski definition) is 1. The van der Waals surface area contributed by atoms with E-state index < -0.39 is 23.0 Å². The molecule has 3 rings (SSSR count). The molecule has 0 aromatic heterocycles. The van der Waals surface area contributed by atoms with E-state index in [4.69, 9.17) is 5.11 Å². The van der Waals surface area contributed by atoms with Crippen LogP contribution in [0.25, 0.3) is 0 Å². The zero-order valence-electron chi connectivity index (χ0n) is 18.4. The van der Waals surface area contributed by atoms with Crippen molar-refractivity contribution in [3.05, 3.63) is 83.6 Å². The standard InChI is InChI=1S/C26H28F2N2O2/c1-26(2)23(13-8-9-15-29-20-11-5-3-6-12-20)30(16-10-4-7-14-24(31)32)22-18-19(27)17-21(28)25(22)26/h3,5-6,8-9,11-13,15,17-18H,4,7,10,14,16H2,1-2H3,(H,31,32). The Morgan fingerprint density at radius 3 is 2.56 bits per heavy atom. The van der Waals surface area contributed by atoms with Crippen LogP contribution in [0.2, 0.25) is 0 Å². The van der Waals surface area contributed by atoms with Crippen LogP contribution in [0.5, 0.6) is 0 Å². The predicted molar refractivity (Wildman–Crippen MR) is 125 cm³/mol. The Bertz CT molecular complexity index is 1040. The van der Waals surface area contributed by atoms with Gasteiger partial charge < -0.3 is 10.0 Å². The molecular formula is C26H28F2N2O2. The van der Waals surface area contributed by atoms with Crippen LogP contribution in [-0.4, -0.2) is 23.8 Å². The third kappa shape index (κ3) is 5.49. The van der Waals surface area contributed by atoms with Gasteiger partial charge in [0.15, 0.2) is 0 Å². The number of aliphatic carboxylic acids is 1. The van der Waals surface area contributed by atoms with E-state index in [2.05, 4.69) is 4.99 Å². The zero-order valence-corrected chi connectivity index (χ0v) is 18.4. The molecule has 0 saturated carbocycles. The van der Waals surface area contributed by atoms with Crippen LogP contribution in [0.3, 0.4) is 0 Å². The maximum absolute atomic E-state index is 14.8. The molecule has 0 unspecified atom stereocenters. The Kier molecular flexibility index (Phi) is 7.57. The number of nitrogens with zero attached hydrogens (tertiary/aromatic N) is 2. The topological polar surface area (TPSA) is 52.9 Å². The quantitative estimate of drug-likeness (QED) is 0.357. The molecule has 2 aromatic carbocycles. The largest absolute Gasteiger partial charge is 0.481 e. The fourth-order valence-electron chi connectivity index (χ4n) is 4.09. The van der Waals surface area contributed by atoms with Crippen LogP contribution in [0.4, 0.5) is 20.2 Å². The molecule has 0 amide bonds. The molecule has 32 heavy (non-hydrogen) atoms. The van der Waals surface area contributed by atoms with E-state index in [1.807, 2.05) is 61.2 Å². The van der Waals surface area contributed by atoms with Gasteiger partial charge in [0.25, 0.3) is 0 Å². The molecule has 1 heterocycles. The molecule has 1 aliphatic heterocycles. The summed E-state index contributed by atoms with van der Waals surface area (Å²) in [4.78, 5) is 17.0. The Labute approximate surface area is 187 Å². The normalized spacial score (nSPS) is 16.4. The minimum atomic E-state index is -0.815. The van der Waals surface area contributed by atoms with Crippen molar-refractivity contribution < 1.29 is 18.7 Å². The van der Waals surface area contributed by atoms with Crippen LogP contribution >= 0.6 is 0 Å². The average molecular weight is 439 g/mol. The average Bonchev–Trinajstić information content (AvgIpc) is 2.94. The highest BCUT2D eigenvalue weighted by molar-refractivity contribution is 5.76. The van der Waals surface area contributed by atoms with Gasteiger partial charge in [0.05, 0.1) is 11.4 Å². The minimum absolute atomic E-state index is 0.123. The van der Waals surface area contributed by atoms with Gasteiger partial charge >= 0.3 is 5.97 Å². The molecule has 0 fully saturated rings. The summed E-state index contributed by atoms with van der Waals surface area (Å²) in [6.45, 7) is 4.40. The molecular weight excluding hydrogens is 410 g/mol. The summed E-state index contributed by atoms with van der Waals surface area (Å²) in [6.07, 6.45) is 9.40. The minimum Gasteiger partial charge on any atom is -0.481 e. The summed E-state index contributed by atoms with van der Waals surface area (Å²) < 4.78 is 28.8. The summed E-state index contributed by atoms with van der Waals surface area (Å²) in [5.74, 6) is -1.98. The second-order valence-electron chi connectivity index (χ2n) is 8.31. The van der Waals surface area contributed by atoms with Gasteiger partial charge in [-0.3, -0.25) is 9.79 Å². The SMILES string of the molecule is CC1(C)C(=CC=CC=Nc2ccccc2)N(CCCCCC(=O)O)c2cc(F)cc(F)c21. The Balaban J connectivity index is 1.83. The van der Waals surface area contributed by atoms with Crippen LogP contribution in [0, 0.1) is 11.6 Å². The van der Waals surface area contributed by atoms with Crippen LogP contribution in [0.15, 0.2) is 71.4 Å². The van der Waals surface area contributed by atoms with Crippen molar-refractivity contribution in [3.63, 3.8) is 0 Å². The van der Waals surface area contributed by atoms with E-state index in [-0.39, 0.29) is 6.42 Å². The molecule has 0 radical (unpaired) electrons. The number of benzene rings is 2. The van der Waals surface area contributed by atoms with Gasteiger partial charge in [0, 0.05) is 41.9 Å². The van der Waals surface area contributed by atoms with Crippen molar-refractivity contribution in [2.24, 2.45) is 4.99 Å². The lowest BCUT2D eigenvalue weighted by molar-refractivity contribution is -0.137. The summed E-state index contributed by atoms with van der Waals surface area (Å²) in [5.41, 5.74) is 2.07. The van der Waals surface area contributed by atoms with Gasteiger partial charge in [-0.05, 0) is 43.2 Å². The number of halogens is 2. The highest BCUT2D eigenvalue weighted by Gasteiger charge is 2.42. The zero-order chi connectivity index (χ0) is 23.1. The molecule has 0 atom stereocenters. The van der Waals surface area contributed by atoms with Gasteiger partial charge in [0.1, 0.15) is 11.6 Å². The molecule has 1 N–H and O–H groups in total. The first-order chi connectivity index (χ1) is 15.3. The highest BCUT2D eigenvalue weighted by atomic mass is 19.1. The summed E-state index contributed by atoms with van der Waals surface area (Å²) in [7, 11) is 0. The smallest absolute Gasteiger partial charge is 0.303 e. The third-order valence-corrected chi connectivity index (χ3v) is 5.58. The summed E-state index contributed by atoms with van der Waals surface area (Å²) >= 11 is 0. The second-order valence-corrected chi connectivity index (χ2v) is 8.31. The van der Waals surface area contributed by atoms with Crippen LogP contribution < -0.4 is 4.90 Å². The van der Waals surface area contributed by atoms with Crippen molar-refractivity contribution in [1.82, 2.24) is 0 Å². The molecule has 0 bridgehead atoms. The van der Waals surface area contributed by atoms with Gasteiger partial charge in [-0.15, -0.1) is 0 Å². The molecule has 168 valence electrons. The van der Waals surface area contributed by atoms with Gasteiger partial charge in [-0.25, -0.2) is 8.78 Å². The molecule has 0 aliphatic carbocycles. The number of aliphatic imine (C=N–C) groups is 1. The number of carboxylic acid groups (broad SMARTS) is 1. The van der Waals surface area contributed by atoms with Gasteiger partial charge in [-0.2, -0.15) is 0 Å². The molecule has 2 aromatic rings. The third-order valence-electron chi connectivity index (χ3n) is 5.58. The fourth-order valence-corrected chi connectivity index (χ4v) is 4.09. The fraction of sp³-hybridized carbons (Fsp3) is 0.308. The number of carbonyl (C=O) groups is 1. The summed E-state index contributed by atoms with van der Waals surface area (Å²) in [6, 6.07) is 11.9. The number of fused-ring (bicyclic) bond motifs is 1. The monoisotopic (exact) mass is 438 g/mol. The number of hydrogen-bond acceptors (Lipinski definition) is 3. The van der Waals surface area contributed by atoms with Crippen LogP contribution in [0.1, 0.15) is 45.1 Å². The maximum atomic E-state index is 14.8. The van der Waals surface area contributed by atoms with Crippen molar-refractivity contribution in [3.8, 4) is 0 Å². The first kappa shape index (κ1) is 23.4. The Hall–Kier alpha value is -3.28. The summed E-state index contributed by atoms with van der Waals surface area (Å²) in [5, 5.41) is 8.82. The van der Waals surface area contributed by atoms with Gasteiger partial charge in [0.2, 0.25) is 0 Å². The lowest BCUT2D eigenvalue weighted by Crippen LogP contribution is -2.27. The number of anilines is 1. The Morgan fingerprint density at radius 1 is 1.09 bits per heavy atom. The molecule has 0 spiro atoms. The van der Waals surface area contributed by atoms with Gasteiger partial charge in [-0.1, -0.05) is 44.5 Å². The maximum Gasteiger partial charge on any atom is 0.303 e. The molecule has 4 nitrogen and oxygen atoms in total. The van der Waals surface area contributed by atoms with E-state index in [1.54, 1.807) is 12.3 Å².